The van der Waals surface area contributed by atoms with Crippen LogP contribution in [0.1, 0.15) is 25.1 Å². The van der Waals surface area contributed by atoms with E-state index < -0.39 is 0 Å². The standard InChI is InChI=1S/C9H14BN/c1-3-7-8(10)5-6-11-9(7)4-2/h5-6H,3-4,10H2,1-2H3. The molecule has 0 saturated heterocycles. The molecule has 2 heteroatoms. The molecule has 1 aromatic rings. The smallest absolute Gasteiger partial charge is 0.139 e. The maximum absolute atomic E-state index is 4.33. The summed E-state index contributed by atoms with van der Waals surface area (Å²) in [6.45, 7) is 4.34. The molecule has 0 radical (unpaired) electrons. The van der Waals surface area contributed by atoms with Crippen molar-refractivity contribution in [1.82, 2.24) is 4.98 Å². The summed E-state index contributed by atoms with van der Waals surface area (Å²) in [5.41, 5.74) is 4.06. The molecule has 0 spiro atoms. The summed E-state index contributed by atoms with van der Waals surface area (Å²) in [7, 11) is 2.15. The highest BCUT2D eigenvalue weighted by molar-refractivity contribution is 6.33. The van der Waals surface area contributed by atoms with Crippen molar-refractivity contribution < 1.29 is 0 Å². The molecule has 1 aromatic heterocycles. The molecular formula is C9H14BN. The third kappa shape index (κ3) is 1.62. The summed E-state index contributed by atoms with van der Waals surface area (Å²) in [6.07, 6.45) is 4.04. The Morgan fingerprint density at radius 3 is 2.55 bits per heavy atom. The summed E-state index contributed by atoms with van der Waals surface area (Å²) in [5.74, 6) is 0. The number of aromatic nitrogens is 1. The number of pyridine rings is 1. The first kappa shape index (κ1) is 8.31. The van der Waals surface area contributed by atoms with Crippen LogP contribution in [0.25, 0.3) is 0 Å². The summed E-state index contributed by atoms with van der Waals surface area (Å²) in [4.78, 5) is 4.33. The molecule has 58 valence electrons. The van der Waals surface area contributed by atoms with Crippen LogP contribution >= 0.6 is 0 Å². The lowest BCUT2D eigenvalue weighted by Gasteiger charge is -2.06. The molecule has 1 rings (SSSR count). The maximum atomic E-state index is 4.33. The third-order valence-corrected chi connectivity index (χ3v) is 2.07. The molecule has 0 N–H and O–H groups in total. The lowest BCUT2D eigenvalue weighted by molar-refractivity contribution is 0.973. The number of nitrogens with zero attached hydrogens (tertiary/aromatic N) is 1. The lowest BCUT2D eigenvalue weighted by Crippen LogP contribution is -2.13. The van der Waals surface area contributed by atoms with Crippen LogP contribution in [-0.2, 0) is 12.8 Å². The number of rotatable bonds is 2. The first-order valence-corrected chi connectivity index (χ1v) is 4.23. The van der Waals surface area contributed by atoms with Crippen LogP contribution in [0.5, 0.6) is 0 Å². The van der Waals surface area contributed by atoms with Crippen LogP contribution in [0, 0.1) is 0 Å². The van der Waals surface area contributed by atoms with Crippen molar-refractivity contribution in [3.63, 3.8) is 0 Å². The van der Waals surface area contributed by atoms with Gasteiger partial charge in [-0.1, -0.05) is 19.3 Å². The Labute approximate surface area is 69.3 Å². The number of hydrogen-bond donors (Lipinski definition) is 0. The second kappa shape index (κ2) is 3.56. The van der Waals surface area contributed by atoms with Crippen molar-refractivity contribution in [2.24, 2.45) is 0 Å². The molecule has 0 amide bonds. The number of aryl methyl sites for hydroxylation is 1. The quantitative estimate of drug-likeness (QED) is 0.554. The predicted molar refractivity (Wildman–Crippen MR) is 51.2 cm³/mol. The fraction of sp³-hybridized carbons (Fsp3) is 0.444. The van der Waals surface area contributed by atoms with E-state index in [1.807, 2.05) is 6.20 Å². The summed E-state index contributed by atoms with van der Waals surface area (Å²) in [5, 5.41) is 0. The molecule has 0 fully saturated rings. The van der Waals surface area contributed by atoms with Gasteiger partial charge in [-0.25, -0.2) is 0 Å². The van der Waals surface area contributed by atoms with Crippen molar-refractivity contribution in [2.45, 2.75) is 26.7 Å². The second-order valence-corrected chi connectivity index (χ2v) is 2.76. The van der Waals surface area contributed by atoms with E-state index in [1.165, 1.54) is 16.7 Å². The van der Waals surface area contributed by atoms with Crippen LogP contribution in [-0.4, -0.2) is 12.8 Å². The van der Waals surface area contributed by atoms with E-state index in [-0.39, 0.29) is 0 Å². The van der Waals surface area contributed by atoms with Crippen LogP contribution in [0.3, 0.4) is 0 Å². The highest BCUT2D eigenvalue weighted by Gasteiger charge is 2.01. The molecule has 0 unspecified atom stereocenters. The van der Waals surface area contributed by atoms with Gasteiger partial charge in [0.15, 0.2) is 0 Å². The minimum Gasteiger partial charge on any atom is -0.261 e. The molecule has 1 nitrogen and oxygen atoms in total. The minimum absolute atomic E-state index is 1.05. The van der Waals surface area contributed by atoms with E-state index in [2.05, 4.69) is 32.7 Å². The zero-order valence-electron chi connectivity index (χ0n) is 7.52. The van der Waals surface area contributed by atoms with Gasteiger partial charge in [0.05, 0.1) is 0 Å². The predicted octanol–water partition coefficient (Wildman–Crippen LogP) is 0.465. The summed E-state index contributed by atoms with van der Waals surface area (Å²) >= 11 is 0. The third-order valence-electron chi connectivity index (χ3n) is 2.07. The number of hydrogen-bond acceptors (Lipinski definition) is 1. The van der Waals surface area contributed by atoms with Gasteiger partial charge in [0.25, 0.3) is 0 Å². The van der Waals surface area contributed by atoms with Gasteiger partial charge in [-0.3, -0.25) is 4.98 Å². The highest BCUT2D eigenvalue weighted by atomic mass is 14.7. The topological polar surface area (TPSA) is 12.9 Å². The largest absolute Gasteiger partial charge is 0.261 e. The van der Waals surface area contributed by atoms with E-state index in [4.69, 9.17) is 0 Å². The molecule has 0 aliphatic carbocycles. The van der Waals surface area contributed by atoms with Crippen molar-refractivity contribution in [3.8, 4) is 0 Å². The lowest BCUT2D eigenvalue weighted by atomic mass is 9.88. The SMILES string of the molecule is Bc1ccnc(CC)c1CC. The van der Waals surface area contributed by atoms with Crippen molar-refractivity contribution >= 4 is 13.3 Å². The van der Waals surface area contributed by atoms with E-state index in [1.54, 1.807) is 0 Å². The molecule has 0 aliphatic rings. The molecule has 0 saturated carbocycles. The van der Waals surface area contributed by atoms with Gasteiger partial charge in [-0.2, -0.15) is 0 Å². The molecular weight excluding hydrogens is 133 g/mol. The fourth-order valence-electron chi connectivity index (χ4n) is 1.43. The van der Waals surface area contributed by atoms with Gasteiger partial charge in [0.2, 0.25) is 0 Å². The first-order chi connectivity index (χ1) is 5.29. The van der Waals surface area contributed by atoms with Crippen LogP contribution in [0.2, 0.25) is 0 Å². The van der Waals surface area contributed by atoms with E-state index >= 15 is 0 Å². The average Bonchev–Trinajstić information content (AvgIpc) is 2.04. The molecule has 0 atom stereocenters. The zero-order valence-corrected chi connectivity index (χ0v) is 7.52. The normalized spacial score (nSPS) is 10.0. The second-order valence-electron chi connectivity index (χ2n) is 2.76. The van der Waals surface area contributed by atoms with Gasteiger partial charge < -0.3 is 0 Å². The van der Waals surface area contributed by atoms with Gasteiger partial charge in [-0.15, -0.1) is 0 Å². The fourth-order valence-corrected chi connectivity index (χ4v) is 1.43. The van der Waals surface area contributed by atoms with Crippen molar-refractivity contribution in [3.05, 3.63) is 23.5 Å². The average molecular weight is 147 g/mol. The maximum Gasteiger partial charge on any atom is 0.139 e. The van der Waals surface area contributed by atoms with E-state index in [9.17, 15) is 0 Å². The van der Waals surface area contributed by atoms with Gasteiger partial charge in [0.1, 0.15) is 7.85 Å². The zero-order chi connectivity index (χ0) is 8.27. The Morgan fingerprint density at radius 2 is 2.09 bits per heavy atom. The molecule has 1 heterocycles. The molecule has 0 aliphatic heterocycles. The van der Waals surface area contributed by atoms with Gasteiger partial charge >= 0.3 is 0 Å². The van der Waals surface area contributed by atoms with Crippen LogP contribution in [0.4, 0.5) is 0 Å². The van der Waals surface area contributed by atoms with Gasteiger partial charge in [0, 0.05) is 11.9 Å². The van der Waals surface area contributed by atoms with Crippen molar-refractivity contribution in [1.29, 1.82) is 0 Å². The Kier molecular flexibility index (Phi) is 2.69. The van der Waals surface area contributed by atoms with E-state index in [0.29, 0.717) is 0 Å². The Bertz CT molecular complexity index is 245. The van der Waals surface area contributed by atoms with Crippen molar-refractivity contribution in [2.75, 3.05) is 0 Å². The Hall–Kier alpha value is -0.785. The Balaban J connectivity index is 3.13. The highest BCUT2D eigenvalue weighted by Crippen LogP contribution is 2.03. The Morgan fingerprint density at radius 1 is 1.36 bits per heavy atom. The minimum atomic E-state index is 1.05. The summed E-state index contributed by atoms with van der Waals surface area (Å²) < 4.78 is 0. The first-order valence-electron chi connectivity index (χ1n) is 4.23. The van der Waals surface area contributed by atoms with Gasteiger partial charge in [-0.05, 0) is 24.5 Å². The molecule has 11 heavy (non-hydrogen) atoms. The summed E-state index contributed by atoms with van der Waals surface area (Å²) in [6, 6.07) is 2.08. The molecule has 0 aromatic carbocycles. The molecule has 0 bridgehead atoms. The van der Waals surface area contributed by atoms with Crippen LogP contribution < -0.4 is 5.46 Å². The van der Waals surface area contributed by atoms with E-state index in [0.717, 1.165) is 12.8 Å². The monoisotopic (exact) mass is 147 g/mol. The van der Waals surface area contributed by atoms with Crippen LogP contribution in [0.15, 0.2) is 12.3 Å².